The van der Waals surface area contributed by atoms with Gasteiger partial charge in [0.05, 0.1) is 12.3 Å². The van der Waals surface area contributed by atoms with Crippen molar-refractivity contribution >= 4 is 11.6 Å². The van der Waals surface area contributed by atoms with Gasteiger partial charge in [-0.1, -0.05) is 6.07 Å². The Kier molecular flexibility index (Phi) is 4.24. The molecule has 6 heteroatoms. The predicted molar refractivity (Wildman–Crippen MR) is 77.5 cm³/mol. The van der Waals surface area contributed by atoms with Gasteiger partial charge >= 0.3 is 0 Å². The summed E-state index contributed by atoms with van der Waals surface area (Å²) in [6.45, 7) is 1.89. The highest BCUT2D eigenvalue weighted by Gasteiger charge is 2.20. The summed E-state index contributed by atoms with van der Waals surface area (Å²) in [4.78, 5) is 12.1. The summed E-state index contributed by atoms with van der Waals surface area (Å²) in [7, 11) is 1.81. The molecular formula is C15H16N4O2. The molecule has 6 nitrogen and oxygen atoms in total. The molecule has 0 aliphatic rings. The van der Waals surface area contributed by atoms with Crippen LogP contribution in [-0.2, 0) is 18.3 Å². The summed E-state index contributed by atoms with van der Waals surface area (Å²) in [5.74, 6) is -1.15. The highest BCUT2D eigenvalue weighted by atomic mass is 16.3. The maximum absolute atomic E-state index is 12.1. The summed E-state index contributed by atoms with van der Waals surface area (Å²) in [5.41, 5.74) is 2.26. The van der Waals surface area contributed by atoms with Crippen molar-refractivity contribution in [1.82, 2.24) is 9.78 Å². The smallest absolute Gasteiger partial charge is 0.242 e. The van der Waals surface area contributed by atoms with Gasteiger partial charge < -0.3 is 10.4 Å². The second kappa shape index (κ2) is 6.09. The van der Waals surface area contributed by atoms with Crippen molar-refractivity contribution in [3.8, 4) is 11.8 Å². The third kappa shape index (κ3) is 3.39. The molecule has 1 unspecified atom stereocenters. The fourth-order valence-corrected chi connectivity index (χ4v) is 1.97. The number of carbonyl (C=O) groups excluding carboxylic acids is 1. The van der Waals surface area contributed by atoms with E-state index >= 15 is 0 Å². The Morgan fingerprint density at radius 3 is 2.90 bits per heavy atom. The summed E-state index contributed by atoms with van der Waals surface area (Å²) in [5, 5.41) is 25.3. The van der Waals surface area contributed by atoms with E-state index in [4.69, 9.17) is 0 Å². The van der Waals surface area contributed by atoms with Gasteiger partial charge in [0.2, 0.25) is 5.91 Å². The average molecular weight is 284 g/mol. The van der Waals surface area contributed by atoms with Gasteiger partial charge in [-0.3, -0.25) is 9.48 Å². The molecule has 1 atom stereocenters. The lowest BCUT2D eigenvalue weighted by Crippen LogP contribution is -2.23. The molecule has 0 bridgehead atoms. The summed E-state index contributed by atoms with van der Waals surface area (Å²) in [6.07, 6.45) is 1.97. The van der Waals surface area contributed by atoms with Gasteiger partial charge in [-0.25, -0.2) is 0 Å². The number of nitrogens with one attached hydrogen (secondary N) is 1. The van der Waals surface area contributed by atoms with Crippen LogP contribution in [0.3, 0.4) is 0 Å². The highest BCUT2D eigenvalue weighted by Crippen LogP contribution is 2.18. The van der Waals surface area contributed by atoms with Crippen LogP contribution in [0.25, 0.3) is 0 Å². The van der Waals surface area contributed by atoms with Crippen LogP contribution in [0.2, 0.25) is 0 Å². The highest BCUT2D eigenvalue weighted by molar-refractivity contribution is 5.94. The third-order valence-electron chi connectivity index (χ3n) is 3.35. The fraction of sp³-hybridized carbons (Fsp3) is 0.267. The number of aromatic hydroxyl groups is 1. The van der Waals surface area contributed by atoms with E-state index in [2.05, 4.69) is 10.4 Å². The molecule has 108 valence electrons. The molecule has 21 heavy (non-hydrogen) atoms. The van der Waals surface area contributed by atoms with Crippen molar-refractivity contribution in [1.29, 1.82) is 5.26 Å². The molecule has 0 radical (unpaired) electrons. The molecule has 0 aliphatic carbocycles. The molecule has 1 amide bonds. The molecular weight excluding hydrogens is 268 g/mol. The largest absolute Gasteiger partial charge is 0.508 e. The maximum Gasteiger partial charge on any atom is 0.242 e. The zero-order chi connectivity index (χ0) is 15.4. The van der Waals surface area contributed by atoms with Gasteiger partial charge in [0, 0.05) is 30.9 Å². The standard InChI is InChI=1S/C15H16N4O2/c1-10-12(9-17-19(10)2)6-11(8-16)15(21)18-13-4-3-5-14(20)7-13/h3-5,7,9,11,20H,6H2,1-2H3,(H,18,21). The molecule has 0 aliphatic heterocycles. The maximum atomic E-state index is 12.1. The van der Waals surface area contributed by atoms with Crippen molar-refractivity contribution in [3.05, 3.63) is 41.7 Å². The van der Waals surface area contributed by atoms with Gasteiger partial charge in [-0.15, -0.1) is 0 Å². The minimum absolute atomic E-state index is 0.0596. The number of phenolic OH excluding ortho intramolecular Hbond substituents is 1. The molecule has 0 fully saturated rings. The first-order chi connectivity index (χ1) is 10.0. The number of nitrogens with zero attached hydrogens (tertiary/aromatic N) is 3. The molecule has 0 saturated heterocycles. The second-order valence-electron chi connectivity index (χ2n) is 4.80. The number of hydrogen-bond acceptors (Lipinski definition) is 4. The Labute approximate surface area is 122 Å². The monoisotopic (exact) mass is 284 g/mol. The lowest BCUT2D eigenvalue weighted by Gasteiger charge is -2.10. The van der Waals surface area contributed by atoms with E-state index in [1.54, 1.807) is 23.0 Å². The van der Waals surface area contributed by atoms with Crippen LogP contribution in [0.5, 0.6) is 5.75 Å². The van der Waals surface area contributed by atoms with E-state index in [9.17, 15) is 15.2 Å². The number of nitriles is 1. The van der Waals surface area contributed by atoms with E-state index < -0.39 is 11.8 Å². The minimum Gasteiger partial charge on any atom is -0.508 e. The molecule has 0 saturated carbocycles. The molecule has 1 aromatic heterocycles. The number of benzene rings is 1. The first kappa shape index (κ1) is 14.6. The fourth-order valence-electron chi connectivity index (χ4n) is 1.97. The lowest BCUT2D eigenvalue weighted by molar-refractivity contribution is -0.118. The van der Waals surface area contributed by atoms with E-state index in [1.165, 1.54) is 12.1 Å². The zero-order valence-corrected chi connectivity index (χ0v) is 11.9. The van der Waals surface area contributed by atoms with Gasteiger partial charge in [-0.2, -0.15) is 10.4 Å². The lowest BCUT2D eigenvalue weighted by atomic mass is 10.0. The Balaban J connectivity index is 2.09. The summed E-state index contributed by atoms with van der Waals surface area (Å²) in [6, 6.07) is 8.23. The normalized spacial score (nSPS) is 11.7. The Hall–Kier alpha value is -2.81. The number of amides is 1. The van der Waals surface area contributed by atoms with Crippen LogP contribution in [-0.4, -0.2) is 20.8 Å². The van der Waals surface area contributed by atoms with Crippen LogP contribution in [0, 0.1) is 24.2 Å². The van der Waals surface area contributed by atoms with E-state index in [0.717, 1.165) is 11.3 Å². The third-order valence-corrected chi connectivity index (χ3v) is 3.35. The van der Waals surface area contributed by atoms with Crippen molar-refractivity contribution in [2.45, 2.75) is 13.3 Å². The van der Waals surface area contributed by atoms with E-state index in [1.807, 2.05) is 20.0 Å². The summed E-state index contributed by atoms with van der Waals surface area (Å²) >= 11 is 0. The van der Waals surface area contributed by atoms with Crippen molar-refractivity contribution < 1.29 is 9.90 Å². The van der Waals surface area contributed by atoms with E-state index in [0.29, 0.717) is 12.1 Å². The van der Waals surface area contributed by atoms with Gasteiger partial charge in [-0.05, 0) is 24.6 Å². The Morgan fingerprint density at radius 1 is 1.57 bits per heavy atom. The average Bonchev–Trinajstić information content (AvgIpc) is 2.76. The van der Waals surface area contributed by atoms with Crippen molar-refractivity contribution in [2.75, 3.05) is 5.32 Å². The van der Waals surface area contributed by atoms with E-state index in [-0.39, 0.29) is 5.75 Å². The van der Waals surface area contributed by atoms with Crippen LogP contribution in [0.15, 0.2) is 30.5 Å². The Morgan fingerprint density at radius 2 is 2.33 bits per heavy atom. The van der Waals surface area contributed by atoms with Crippen LogP contribution >= 0.6 is 0 Å². The van der Waals surface area contributed by atoms with Gasteiger partial charge in [0.25, 0.3) is 0 Å². The number of hydrogen-bond donors (Lipinski definition) is 2. The predicted octanol–water partition coefficient (Wildman–Crippen LogP) is 1.76. The number of aryl methyl sites for hydroxylation is 1. The van der Waals surface area contributed by atoms with Gasteiger partial charge in [0.1, 0.15) is 11.7 Å². The topological polar surface area (TPSA) is 90.9 Å². The molecule has 1 aromatic carbocycles. The number of carbonyl (C=O) groups is 1. The molecule has 2 N–H and O–H groups in total. The number of phenols is 1. The molecule has 0 spiro atoms. The number of aromatic nitrogens is 2. The van der Waals surface area contributed by atoms with Crippen LogP contribution in [0.1, 0.15) is 11.3 Å². The Bertz CT molecular complexity index is 700. The first-order valence-electron chi connectivity index (χ1n) is 6.48. The molecule has 2 rings (SSSR count). The second-order valence-corrected chi connectivity index (χ2v) is 4.80. The van der Waals surface area contributed by atoms with Crippen LogP contribution in [0.4, 0.5) is 5.69 Å². The molecule has 1 heterocycles. The minimum atomic E-state index is -0.810. The number of anilines is 1. The van der Waals surface area contributed by atoms with Crippen LogP contribution < -0.4 is 5.32 Å². The van der Waals surface area contributed by atoms with Gasteiger partial charge in [0.15, 0.2) is 0 Å². The van der Waals surface area contributed by atoms with Crippen molar-refractivity contribution in [3.63, 3.8) is 0 Å². The SMILES string of the molecule is Cc1c(CC(C#N)C(=O)Nc2cccc(O)c2)cnn1C. The zero-order valence-electron chi connectivity index (χ0n) is 11.9. The first-order valence-corrected chi connectivity index (χ1v) is 6.48. The quantitative estimate of drug-likeness (QED) is 0.895. The number of rotatable bonds is 4. The van der Waals surface area contributed by atoms with Crippen molar-refractivity contribution in [2.24, 2.45) is 13.0 Å². The summed E-state index contributed by atoms with van der Waals surface area (Å²) < 4.78 is 1.71. The molecule has 2 aromatic rings.